The topological polar surface area (TPSA) is 50.2 Å². The van der Waals surface area contributed by atoms with Crippen LogP contribution in [-0.4, -0.2) is 49.8 Å². The maximum absolute atomic E-state index is 11.7. The highest BCUT2D eigenvalue weighted by atomic mass is 32.2. The van der Waals surface area contributed by atoms with Gasteiger partial charge in [0, 0.05) is 70.5 Å². The first-order chi connectivity index (χ1) is 19.2. The third-order valence-corrected chi connectivity index (χ3v) is 8.76. The van der Waals surface area contributed by atoms with Crippen LogP contribution in [0.15, 0.2) is 103 Å². The number of anilines is 1. The molecule has 2 aromatic heterocycles. The molecule has 1 aliphatic rings. The fraction of sp³-hybridized carbons (Fsp3) is 0.242. The van der Waals surface area contributed by atoms with Crippen molar-refractivity contribution >= 4 is 27.5 Å². The van der Waals surface area contributed by atoms with Gasteiger partial charge in [0.15, 0.2) is 0 Å². The first-order valence-corrected chi connectivity index (χ1v) is 15.2. The van der Waals surface area contributed by atoms with Gasteiger partial charge in [0.05, 0.1) is 5.69 Å². The second kappa shape index (κ2) is 12.0. The van der Waals surface area contributed by atoms with E-state index in [0.29, 0.717) is 0 Å². The Hall–Kier alpha value is -3.74. The molecule has 198 valence electrons. The van der Waals surface area contributed by atoms with Crippen LogP contribution < -0.4 is 5.32 Å². The number of rotatable bonds is 9. The van der Waals surface area contributed by atoms with Crippen LogP contribution in [0.4, 0.5) is 5.69 Å². The van der Waals surface area contributed by atoms with Crippen molar-refractivity contribution in [2.24, 2.45) is 0 Å². The quantitative estimate of drug-likeness (QED) is 0.241. The lowest BCUT2D eigenvalue weighted by Crippen LogP contribution is -2.38. The van der Waals surface area contributed by atoms with Gasteiger partial charge in [-0.05, 0) is 66.9 Å². The first kappa shape index (κ1) is 25.5. The molecule has 1 N–H and O–H groups in total. The molecular weight excluding hydrogens is 500 g/mol. The number of fused-ring (bicyclic) bond motifs is 1. The van der Waals surface area contributed by atoms with E-state index in [1.165, 1.54) is 16.5 Å². The monoisotopic (exact) mass is 534 g/mol. The molecule has 1 fully saturated rings. The maximum atomic E-state index is 11.7. The molecule has 3 heterocycles. The van der Waals surface area contributed by atoms with Crippen LogP contribution >= 0.6 is 0 Å². The van der Waals surface area contributed by atoms with E-state index >= 15 is 0 Å². The maximum Gasteiger partial charge on any atom is 0.145 e. The summed E-state index contributed by atoms with van der Waals surface area (Å²) >= 11 is 0. The fourth-order valence-electron chi connectivity index (χ4n) is 5.27. The van der Waals surface area contributed by atoms with Crippen molar-refractivity contribution in [2.75, 3.05) is 36.5 Å². The van der Waals surface area contributed by atoms with Crippen LogP contribution in [0.3, 0.4) is 0 Å². The molecule has 5 nitrogen and oxygen atoms in total. The molecule has 0 atom stereocenters. The van der Waals surface area contributed by atoms with Crippen molar-refractivity contribution in [3.63, 3.8) is 0 Å². The van der Waals surface area contributed by atoms with Gasteiger partial charge in [-0.15, -0.1) is 0 Å². The summed E-state index contributed by atoms with van der Waals surface area (Å²) in [5, 5.41) is 4.72. The molecule has 6 rings (SSSR count). The third kappa shape index (κ3) is 6.13. The Morgan fingerprint density at radius 1 is 0.821 bits per heavy atom. The number of benzene rings is 3. The van der Waals surface area contributed by atoms with E-state index in [1.807, 2.05) is 12.1 Å². The van der Waals surface area contributed by atoms with Crippen molar-refractivity contribution in [1.29, 1.82) is 0 Å². The SMILES string of the molecule is O=S1CCN(CCCc2cn(-c3ccccc3)c3nc(-c4ccc(NCc5ccccc5)cc4)ccc23)CC1. The highest BCUT2D eigenvalue weighted by molar-refractivity contribution is 7.85. The Kier molecular flexibility index (Phi) is 7.84. The Morgan fingerprint density at radius 3 is 2.28 bits per heavy atom. The molecule has 0 aliphatic carbocycles. The number of hydrogen-bond donors (Lipinski definition) is 1. The lowest BCUT2D eigenvalue weighted by molar-refractivity contribution is 0.296. The second-order valence-corrected chi connectivity index (χ2v) is 11.8. The summed E-state index contributed by atoms with van der Waals surface area (Å²) in [6.07, 6.45) is 4.34. The summed E-state index contributed by atoms with van der Waals surface area (Å²) in [7, 11) is -0.625. The predicted molar refractivity (Wildman–Crippen MR) is 163 cm³/mol. The Morgan fingerprint density at radius 2 is 1.54 bits per heavy atom. The Balaban J connectivity index is 1.22. The predicted octanol–water partition coefficient (Wildman–Crippen LogP) is 6.30. The molecule has 39 heavy (non-hydrogen) atoms. The minimum atomic E-state index is -0.625. The summed E-state index contributed by atoms with van der Waals surface area (Å²) in [6, 6.07) is 33.8. The van der Waals surface area contributed by atoms with Gasteiger partial charge in [-0.2, -0.15) is 0 Å². The summed E-state index contributed by atoms with van der Waals surface area (Å²) in [4.78, 5) is 7.62. The molecule has 3 aromatic carbocycles. The van der Waals surface area contributed by atoms with E-state index < -0.39 is 10.8 Å². The zero-order chi connectivity index (χ0) is 26.4. The summed E-state index contributed by atoms with van der Waals surface area (Å²) in [6.45, 7) is 3.74. The number of aromatic nitrogens is 2. The minimum absolute atomic E-state index is 0.625. The molecule has 0 saturated carbocycles. The summed E-state index contributed by atoms with van der Waals surface area (Å²) < 4.78 is 13.9. The van der Waals surface area contributed by atoms with Gasteiger partial charge in [0.1, 0.15) is 5.65 Å². The molecular formula is C33H34N4OS. The Labute approximate surface area is 233 Å². The van der Waals surface area contributed by atoms with E-state index in [1.54, 1.807) is 0 Å². The van der Waals surface area contributed by atoms with Crippen LogP contribution in [-0.2, 0) is 23.8 Å². The number of nitrogens with zero attached hydrogens (tertiary/aromatic N) is 3. The molecule has 0 spiro atoms. The largest absolute Gasteiger partial charge is 0.381 e. The summed E-state index contributed by atoms with van der Waals surface area (Å²) in [5.41, 5.74) is 7.88. The van der Waals surface area contributed by atoms with Crippen LogP contribution in [0.5, 0.6) is 0 Å². The zero-order valence-electron chi connectivity index (χ0n) is 22.1. The molecule has 1 aliphatic heterocycles. The van der Waals surface area contributed by atoms with E-state index in [2.05, 4.69) is 106 Å². The Bertz CT molecular complexity index is 1540. The van der Waals surface area contributed by atoms with Crippen LogP contribution in [0.1, 0.15) is 17.5 Å². The fourth-order valence-corrected chi connectivity index (χ4v) is 6.39. The zero-order valence-corrected chi connectivity index (χ0v) is 22.9. The number of pyridine rings is 1. The number of para-hydroxylation sites is 1. The lowest BCUT2D eigenvalue weighted by Gasteiger charge is -2.25. The molecule has 6 heteroatoms. The van der Waals surface area contributed by atoms with Gasteiger partial charge in [-0.25, -0.2) is 4.98 Å². The van der Waals surface area contributed by atoms with Crippen LogP contribution in [0.2, 0.25) is 0 Å². The average molecular weight is 535 g/mol. The van der Waals surface area contributed by atoms with Gasteiger partial charge in [-0.3, -0.25) is 4.21 Å². The molecule has 1 saturated heterocycles. The lowest BCUT2D eigenvalue weighted by atomic mass is 10.1. The van der Waals surface area contributed by atoms with Crippen molar-refractivity contribution in [3.8, 4) is 16.9 Å². The highest BCUT2D eigenvalue weighted by Crippen LogP contribution is 2.29. The van der Waals surface area contributed by atoms with Gasteiger partial charge < -0.3 is 14.8 Å². The van der Waals surface area contributed by atoms with Gasteiger partial charge in [0.2, 0.25) is 0 Å². The highest BCUT2D eigenvalue weighted by Gasteiger charge is 2.16. The molecule has 0 bridgehead atoms. The van der Waals surface area contributed by atoms with Crippen LogP contribution in [0, 0.1) is 0 Å². The molecule has 0 unspecified atom stereocenters. The summed E-state index contributed by atoms with van der Waals surface area (Å²) in [5.74, 6) is 1.62. The van der Waals surface area contributed by atoms with Gasteiger partial charge in [-0.1, -0.05) is 60.7 Å². The van der Waals surface area contributed by atoms with Crippen molar-refractivity contribution in [2.45, 2.75) is 19.4 Å². The second-order valence-electron chi connectivity index (χ2n) is 10.1. The van der Waals surface area contributed by atoms with Crippen LogP contribution in [0.25, 0.3) is 28.0 Å². The van der Waals surface area contributed by atoms with E-state index in [0.717, 1.165) is 78.8 Å². The normalized spacial score (nSPS) is 14.6. The number of nitrogens with one attached hydrogen (secondary N) is 1. The average Bonchev–Trinajstić information content (AvgIpc) is 3.36. The van der Waals surface area contributed by atoms with Crippen molar-refractivity contribution in [3.05, 3.63) is 114 Å². The van der Waals surface area contributed by atoms with Crippen molar-refractivity contribution in [1.82, 2.24) is 14.5 Å². The molecule has 0 amide bonds. The minimum Gasteiger partial charge on any atom is -0.381 e. The van der Waals surface area contributed by atoms with E-state index in [9.17, 15) is 4.21 Å². The number of aryl methyl sites for hydroxylation is 1. The van der Waals surface area contributed by atoms with E-state index in [-0.39, 0.29) is 0 Å². The molecule has 5 aromatic rings. The first-order valence-electron chi connectivity index (χ1n) is 13.7. The van der Waals surface area contributed by atoms with Crippen molar-refractivity contribution < 1.29 is 4.21 Å². The third-order valence-electron chi connectivity index (χ3n) is 7.48. The molecule has 0 radical (unpaired) electrons. The van der Waals surface area contributed by atoms with E-state index in [4.69, 9.17) is 4.98 Å². The van der Waals surface area contributed by atoms with Gasteiger partial charge in [0.25, 0.3) is 0 Å². The smallest absolute Gasteiger partial charge is 0.145 e. The standard InChI is InChI=1S/C33H34N4OS/c38-39-22-20-36(21-23-39)19-7-10-28-25-37(30-11-5-2-6-12-30)33-31(28)17-18-32(35-33)27-13-15-29(16-14-27)34-24-26-8-3-1-4-9-26/h1-6,8-9,11-18,25,34H,7,10,19-24H2. The van der Waals surface area contributed by atoms with Gasteiger partial charge >= 0.3 is 0 Å². The number of hydrogen-bond acceptors (Lipinski definition) is 4.